The Morgan fingerprint density at radius 3 is 2.05 bits per heavy atom. The Morgan fingerprint density at radius 2 is 1.42 bits per heavy atom. The molecule has 0 aliphatic rings. The fraction of sp³-hybridized carbons (Fsp3) is 1.00. The van der Waals surface area contributed by atoms with Crippen molar-refractivity contribution in [3.8, 4) is 0 Å². The van der Waals surface area contributed by atoms with Gasteiger partial charge in [-0.3, -0.25) is 0 Å². The molecule has 0 radical (unpaired) electrons. The van der Waals surface area contributed by atoms with E-state index in [1.807, 2.05) is 13.8 Å². The summed E-state index contributed by atoms with van der Waals surface area (Å²) >= 11 is 0. The van der Waals surface area contributed by atoms with Crippen molar-refractivity contribution in [1.29, 1.82) is 0 Å². The Morgan fingerprint density at radius 1 is 0.789 bits per heavy atom. The van der Waals surface area contributed by atoms with Crippen molar-refractivity contribution < 1.29 is 14.2 Å². The zero-order chi connectivity index (χ0) is 14.3. The highest BCUT2D eigenvalue weighted by molar-refractivity contribution is 4.47. The lowest BCUT2D eigenvalue weighted by atomic mass is 10.1. The summed E-state index contributed by atoms with van der Waals surface area (Å²) < 4.78 is 16.4. The first kappa shape index (κ1) is 18.8. The maximum absolute atomic E-state index is 5.49. The largest absolute Gasteiger partial charge is 0.379 e. The quantitative estimate of drug-likeness (QED) is 0.494. The highest BCUT2D eigenvalue weighted by atomic mass is 16.5. The van der Waals surface area contributed by atoms with Gasteiger partial charge in [0.15, 0.2) is 0 Å². The van der Waals surface area contributed by atoms with Crippen LogP contribution in [0.25, 0.3) is 0 Å². The van der Waals surface area contributed by atoms with Gasteiger partial charge in [0, 0.05) is 19.7 Å². The summed E-state index contributed by atoms with van der Waals surface area (Å²) in [5, 5.41) is 3.27. The van der Waals surface area contributed by atoms with Gasteiger partial charge in [-0.15, -0.1) is 0 Å². The van der Waals surface area contributed by atoms with Crippen LogP contribution in [0.4, 0.5) is 0 Å². The topological polar surface area (TPSA) is 39.7 Å². The molecule has 0 spiro atoms. The maximum atomic E-state index is 5.49. The molecule has 0 saturated heterocycles. The summed E-state index contributed by atoms with van der Waals surface area (Å²) in [7, 11) is 0. The molecule has 0 saturated carbocycles. The smallest absolute Gasteiger partial charge is 0.0701 e. The molecule has 0 rings (SSSR count). The molecule has 0 aromatic rings. The molecule has 0 amide bonds. The van der Waals surface area contributed by atoms with Gasteiger partial charge in [-0.1, -0.05) is 13.8 Å². The van der Waals surface area contributed by atoms with Gasteiger partial charge in [-0.05, 0) is 32.6 Å². The molecular weight excluding hydrogens is 242 g/mol. The zero-order valence-corrected chi connectivity index (χ0v) is 13.2. The maximum Gasteiger partial charge on any atom is 0.0701 e. The molecule has 0 aromatic heterocycles. The minimum absolute atomic E-state index is 0.311. The van der Waals surface area contributed by atoms with E-state index in [1.54, 1.807) is 0 Å². The molecule has 0 heterocycles. The van der Waals surface area contributed by atoms with Crippen LogP contribution in [0.2, 0.25) is 0 Å². The van der Waals surface area contributed by atoms with Crippen LogP contribution in [0, 0.1) is 5.92 Å². The lowest BCUT2D eigenvalue weighted by Gasteiger charge is -2.09. The second kappa shape index (κ2) is 14.3. The summed E-state index contributed by atoms with van der Waals surface area (Å²) in [4.78, 5) is 0. The lowest BCUT2D eigenvalue weighted by Crippen LogP contribution is -2.25. The van der Waals surface area contributed by atoms with Gasteiger partial charge in [0.05, 0.1) is 32.5 Å². The third kappa shape index (κ3) is 17.8. The number of rotatable bonds is 14. The molecule has 0 bridgehead atoms. The van der Waals surface area contributed by atoms with E-state index >= 15 is 0 Å². The van der Waals surface area contributed by atoms with Gasteiger partial charge >= 0.3 is 0 Å². The fourth-order valence-electron chi connectivity index (χ4n) is 1.55. The van der Waals surface area contributed by atoms with E-state index in [1.165, 1.54) is 6.42 Å². The van der Waals surface area contributed by atoms with Crippen LogP contribution in [0.1, 0.15) is 40.5 Å². The SMILES string of the molecule is CC(C)CCCOCCOCCNCCOC(C)C. The van der Waals surface area contributed by atoms with E-state index in [0.29, 0.717) is 19.3 Å². The van der Waals surface area contributed by atoms with E-state index in [-0.39, 0.29) is 0 Å². The molecule has 0 aromatic carbocycles. The van der Waals surface area contributed by atoms with Gasteiger partial charge in [0.25, 0.3) is 0 Å². The van der Waals surface area contributed by atoms with Crippen molar-refractivity contribution >= 4 is 0 Å². The van der Waals surface area contributed by atoms with Gasteiger partial charge in [0.1, 0.15) is 0 Å². The first-order valence-electron chi connectivity index (χ1n) is 7.60. The zero-order valence-electron chi connectivity index (χ0n) is 13.2. The van der Waals surface area contributed by atoms with Crippen LogP contribution >= 0.6 is 0 Å². The van der Waals surface area contributed by atoms with Gasteiger partial charge in [0.2, 0.25) is 0 Å². The standard InChI is InChI=1S/C15H33NO3/c1-14(2)6-5-9-17-12-13-18-10-7-16-8-11-19-15(3)4/h14-16H,5-13H2,1-4H3. The minimum atomic E-state index is 0.311. The molecule has 0 fully saturated rings. The third-order valence-electron chi connectivity index (χ3n) is 2.60. The number of ether oxygens (including phenoxy) is 3. The monoisotopic (exact) mass is 275 g/mol. The third-order valence-corrected chi connectivity index (χ3v) is 2.60. The van der Waals surface area contributed by atoms with Crippen LogP contribution in [-0.2, 0) is 14.2 Å². The Kier molecular flexibility index (Phi) is 14.1. The van der Waals surface area contributed by atoms with Crippen molar-refractivity contribution in [3.05, 3.63) is 0 Å². The Bertz CT molecular complexity index is 157. The molecule has 0 aliphatic heterocycles. The second-order valence-electron chi connectivity index (χ2n) is 5.43. The summed E-state index contributed by atoms with van der Waals surface area (Å²) in [6.45, 7) is 14.1. The predicted molar refractivity (Wildman–Crippen MR) is 79.7 cm³/mol. The lowest BCUT2D eigenvalue weighted by molar-refractivity contribution is 0.0450. The Labute approximate surface area is 119 Å². The van der Waals surface area contributed by atoms with E-state index in [2.05, 4.69) is 19.2 Å². The van der Waals surface area contributed by atoms with Crippen molar-refractivity contribution in [2.45, 2.75) is 46.6 Å². The van der Waals surface area contributed by atoms with Crippen molar-refractivity contribution in [1.82, 2.24) is 5.32 Å². The van der Waals surface area contributed by atoms with Crippen molar-refractivity contribution in [2.75, 3.05) is 46.1 Å². The van der Waals surface area contributed by atoms with Crippen LogP contribution in [0.3, 0.4) is 0 Å². The average Bonchev–Trinajstić information content (AvgIpc) is 2.34. The molecule has 0 aliphatic carbocycles. The van der Waals surface area contributed by atoms with Crippen LogP contribution < -0.4 is 5.32 Å². The number of hydrogen-bond acceptors (Lipinski definition) is 4. The molecule has 4 heteroatoms. The highest BCUT2D eigenvalue weighted by Crippen LogP contribution is 2.02. The van der Waals surface area contributed by atoms with E-state index in [0.717, 1.165) is 45.2 Å². The summed E-state index contributed by atoms with van der Waals surface area (Å²) in [5.41, 5.74) is 0. The normalized spacial score (nSPS) is 11.7. The molecular formula is C15H33NO3. The molecule has 0 atom stereocenters. The second-order valence-corrected chi connectivity index (χ2v) is 5.43. The van der Waals surface area contributed by atoms with E-state index in [9.17, 15) is 0 Å². The Hall–Kier alpha value is -0.160. The molecule has 1 N–H and O–H groups in total. The summed E-state index contributed by atoms with van der Waals surface area (Å²) in [6.07, 6.45) is 2.70. The van der Waals surface area contributed by atoms with Crippen LogP contribution in [0.5, 0.6) is 0 Å². The van der Waals surface area contributed by atoms with Gasteiger partial charge < -0.3 is 19.5 Å². The van der Waals surface area contributed by atoms with Gasteiger partial charge in [-0.2, -0.15) is 0 Å². The average molecular weight is 275 g/mol. The number of hydrogen-bond donors (Lipinski definition) is 1. The summed E-state index contributed by atoms with van der Waals surface area (Å²) in [6, 6.07) is 0. The van der Waals surface area contributed by atoms with Crippen molar-refractivity contribution in [3.63, 3.8) is 0 Å². The highest BCUT2D eigenvalue weighted by Gasteiger charge is 1.95. The Balaban J connectivity index is 2.95. The molecule has 4 nitrogen and oxygen atoms in total. The van der Waals surface area contributed by atoms with E-state index in [4.69, 9.17) is 14.2 Å². The molecule has 0 unspecified atom stereocenters. The minimum Gasteiger partial charge on any atom is -0.379 e. The fourth-order valence-corrected chi connectivity index (χ4v) is 1.55. The predicted octanol–water partition coefficient (Wildman–Crippen LogP) is 2.47. The van der Waals surface area contributed by atoms with E-state index < -0.39 is 0 Å². The van der Waals surface area contributed by atoms with Crippen LogP contribution in [-0.4, -0.2) is 52.2 Å². The van der Waals surface area contributed by atoms with Crippen LogP contribution in [0.15, 0.2) is 0 Å². The molecule has 19 heavy (non-hydrogen) atoms. The van der Waals surface area contributed by atoms with Gasteiger partial charge in [-0.25, -0.2) is 0 Å². The van der Waals surface area contributed by atoms with Crippen molar-refractivity contribution in [2.24, 2.45) is 5.92 Å². The first-order chi connectivity index (χ1) is 9.13. The number of nitrogens with one attached hydrogen (secondary N) is 1. The summed E-state index contributed by atoms with van der Waals surface area (Å²) in [5.74, 6) is 0.769. The molecule has 116 valence electrons. The first-order valence-corrected chi connectivity index (χ1v) is 7.60.